The van der Waals surface area contributed by atoms with E-state index in [1.54, 1.807) is 18.1 Å². The third-order valence-electron chi connectivity index (χ3n) is 5.62. The van der Waals surface area contributed by atoms with Crippen LogP contribution in [0.15, 0.2) is 41.1 Å². The summed E-state index contributed by atoms with van der Waals surface area (Å²) in [4.78, 5) is 34.9. The molecule has 166 valence electrons. The van der Waals surface area contributed by atoms with Gasteiger partial charge in [-0.15, -0.1) is 0 Å². The Morgan fingerprint density at radius 1 is 1.28 bits per heavy atom. The summed E-state index contributed by atoms with van der Waals surface area (Å²) in [6, 6.07) is 9.76. The van der Waals surface area contributed by atoms with E-state index >= 15 is 0 Å². The van der Waals surface area contributed by atoms with Gasteiger partial charge in [-0.2, -0.15) is 0 Å². The first kappa shape index (κ1) is 21.7. The van der Waals surface area contributed by atoms with Crippen molar-refractivity contribution in [1.82, 2.24) is 25.3 Å². The molecule has 1 aromatic carbocycles. The van der Waals surface area contributed by atoms with Crippen molar-refractivity contribution in [2.24, 2.45) is 5.92 Å². The Hall–Kier alpha value is -3.55. The molecule has 8 nitrogen and oxygen atoms in total. The van der Waals surface area contributed by atoms with Crippen LogP contribution in [0.3, 0.4) is 0 Å². The predicted octanol–water partition coefficient (Wildman–Crippen LogP) is 3.32. The number of carbonyl (C=O) groups is 2. The fourth-order valence-corrected chi connectivity index (χ4v) is 3.72. The van der Waals surface area contributed by atoms with Gasteiger partial charge in [0.1, 0.15) is 5.82 Å². The molecule has 2 aromatic heterocycles. The first-order chi connectivity index (χ1) is 15.3. The number of benzene rings is 1. The second kappa shape index (κ2) is 8.90. The number of hydrogen-bond acceptors (Lipinski definition) is 6. The van der Waals surface area contributed by atoms with Crippen molar-refractivity contribution in [1.29, 1.82) is 0 Å². The molecule has 1 aliphatic heterocycles. The molecule has 0 radical (unpaired) electrons. The van der Waals surface area contributed by atoms with Gasteiger partial charge in [0, 0.05) is 50.3 Å². The minimum atomic E-state index is -0.282. The highest BCUT2D eigenvalue weighted by molar-refractivity contribution is 5.89. The Morgan fingerprint density at radius 3 is 2.62 bits per heavy atom. The maximum atomic E-state index is 12.4. The molecule has 1 saturated heterocycles. The summed E-state index contributed by atoms with van der Waals surface area (Å²) in [5, 5.41) is 6.93. The van der Waals surface area contributed by atoms with Gasteiger partial charge in [-0.3, -0.25) is 9.59 Å². The summed E-state index contributed by atoms with van der Waals surface area (Å²) in [6.45, 7) is 6.86. The van der Waals surface area contributed by atoms with Crippen LogP contribution in [0.1, 0.15) is 43.3 Å². The van der Waals surface area contributed by atoms with E-state index in [9.17, 15) is 9.59 Å². The number of amides is 2. The maximum absolute atomic E-state index is 12.4. The highest BCUT2D eigenvalue weighted by Gasteiger charge is 2.31. The zero-order chi connectivity index (χ0) is 22.8. The van der Waals surface area contributed by atoms with Gasteiger partial charge in [0.15, 0.2) is 5.76 Å². The van der Waals surface area contributed by atoms with Crippen LogP contribution >= 0.6 is 0 Å². The molecule has 3 aromatic rings. The number of rotatable bonds is 6. The van der Waals surface area contributed by atoms with Crippen LogP contribution in [0.2, 0.25) is 0 Å². The quantitative estimate of drug-likeness (QED) is 0.640. The van der Waals surface area contributed by atoms with Gasteiger partial charge in [0.05, 0.1) is 22.9 Å². The lowest BCUT2D eigenvalue weighted by atomic mass is 10.0. The molecule has 1 N–H and O–H groups in total. The lowest BCUT2D eigenvalue weighted by molar-refractivity contribution is -0.128. The summed E-state index contributed by atoms with van der Waals surface area (Å²) in [5.41, 5.74) is 4.25. The number of carbonyl (C=O) groups excluding carboxylic acids is 2. The van der Waals surface area contributed by atoms with Gasteiger partial charge in [-0.25, -0.2) is 9.97 Å². The Labute approximate surface area is 187 Å². The van der Waals surface area contributed by atoms with Crippen LogP contribution in [0.4, 0.5) is 0 Å². The molecule has 0 saturated carbocycles. The average molecular weight is 434 g/mol. The third kappa shape index (κ3) is 4.54. The van der Waals surface area contributed by atoms with Crippen LogP contribution in [0.25, 0.3) is 22.6 Å². The minimum absolute atomic E-state index is 0.0119. The molecule has 0 spiro atoms. The van der Waals surface area contributed by atoms with E-state index in [1.165, 1.54) is 0 Å². The van der Waals surface area contributed by atoms with Gasteiger partial charge < -0.3 is 14.7 Å². The third-order valence-corrected chi connectivity index (χ3v) is 5.62. The number of aromatic nitrogens is 3. The zero-order valence-corrected chi connectivity index (χ0v) is 18.8. The molecular formula is C24H27N5O3. The van der Waals surface area contributed by atoms with Crippen molar-refractivity contribution in [3.63, 3.8) is 0 Å². The molecule has 4 rings (SSSR count). The molecule has 1 unspecified atom stereocenters. The molecule has 3 heterocycles. The summed E-state index contributed by atoms with van der Waals surface area (Å²) in [7, 11) is 1.72. The van der Waals surface area contributed by atoms with Crippen LogP contribution in [0.5, 0.6) is 0 Å². The van der Waals surface area contributed by atoms with Crippen molar-refractivity contribution in [3.8, 4) is 22.6 Å². The number of aryl methyl sites for hydroxylation is 1. The fraction of sp³-hybridized carbons (Fsp3) is 0.375. The van der Waals surface area contributed by atoms with E-state index in [2.05, 4.69) is 29.3 Å². The largest absolute Gasteiger partial charge is 0.356 e. The SMILES string of the molecule is Cc1cc(-c2cnc(C(C)C)nc2-c2ccc(CNC(=O)C3CC(=O)N(C)C3)cc2)on1. The van der Waals surface area contributed by atoms with Crippen LogP contribution in [-0.2, 0) is 16.1 Å². The van der Waals surface area contributed by atoms with E-state index in [0.717, 1.165) is 33.9 Å². The smallest absolute Gasteiger partial charge is 0.225 e. The average Bonchev–Trinajstić information content (AvgIpc) is 3.37. The molecule has 2 amide bonds. The highest BCUT2D eigenvalue weighted by Crippen LogP contribution is 2.31. The fourth-order valence-electron chi connectivity index (χ4n) is 3.72. The minimum Gasteiger partial charge on any atom is -0.356 e. The Bertz CT molecular complexity index is 1140. The van der Waals surface area contributed by atoms with Gasteiger partial charge >= 0.3 is 0 Å². The second-order valence-electron chi connectivity index (χ2n) is 8.57. The summed E-state index contributed by atoms with van der Waals surface area (Å²) in [5.74, 6) is 1.21. The van der Waals surface area contributed by atoms with E-state index in [0.29, 0.717) is 18.8 Å². The van der Waals surface area contributed by atoms with Crippen molar-refractivity contribution in [2.45, 2.75) is 39.7 Å². The van der Waals surface area contributed by atoms with E-state index < -0.39 is 0 Å². The maximum Gasteiger partial charge on any atom is 0.225 e. The Kier molecular flexibility index (Phi) is 6.03. The number of nitrogens with one attached hydrogen (secondary N) is 1. The van der Waals surface area contributed by atoms with Gasteiger partial charge in [0.2, 0.25) is 11.8 Å². The van der Waals surface area contributed by atoms with Crippen molar-refractivity contribution >= 4 is 11.8 Å². The van der Waals surface area contributed by atoms with Crippen LogP contribution < -0.4 is 5.32 Å². The molecule has 1 atom stereocenters. The summed E-state index contributed by atoms with van der Waals surface area (Å²) >= 11 is 0. The van der Waals surface area contributed by atoms with Gasteiger partial charge in [-0.1, -0.05) is 43.3 Å². The second-order valence-corrected chi connectivity index (χ2v) is 8.57. The number of likely N-dealkylation sites (tertiary alicyclic amines) is 1. The lowest BCUT2D eigenvalue weighted by Crippen LogP contribution is -2.31. The topological polar surface area (TPSA) is 101 Å². The Balaban J connectivity index is 1.53. The monoisotopic (exact) mass is 433 g/mol. The zero-order valence-electron chi connectivity index (χ0n) is 18.8. The highest BCUT2D eigenvalue weighted by atomic mass is 16.5. The van der Waals surface area contributed by atoms with Crippen molar-refractivity contribution < 1.29 is 14.1 Å². The van der Waals surface area contributed by atoms with E-state index in [-0.39, 0.29) is 30.1 Å². The molecule has 0 bridgehead atoms. The van der Waals surface area contributed by atoms with Crippen molar-refractivity contribution in [3.05, 3.63) is 53.6 Å². The predicted molar refractivity (Wildman–Crippen MR) is 119 cm³/mol. The van der Waals surface area contributed by atoms with Gasteiger partial charge in [0.25, 0.3) is 0 Å². The van der Waals surface area contributed by atoms with Crippen molar-refractivity contribution in [2.75, 3.05) is 13.6 Å². The first-order valence-corrected chi connectivity index (χ1v) is 10.7. The molecule has 0 aliphatic carbocycles. The number of hydrogen-bond donors (Lipinski definition) is 1. The summed E-state index contributed by atoms with van der Waals surface area (Å²) < 4.78 is 5.46. The molecule has 1 fully saturated rings. The standard InChI is InChI=1S/C24H27N5O3/c1-14(2)23-25-12-19(20-9-15(3)28-32-20)22(27-23)17-7-5-16(6-8-17)11-26-24(31)18-10-21(30)29(4)13-18/h5-9,12,14,18H,10-11,13H2,1-4H3,(H,26,31). The molecular weight excluding hydrogens is 406 g/mol. The summed E-state index contributed by atoms with van der Waals surface area (Å²) in [6.07, 6.45) is 2.06. The van der Waals surface area contributed by atoms with E-state index in [4.69, 9.17) is 9.51 Å². The van der Waals surface area contributed by atoms with Crippen LogP contribution in [-0.4, -0.2) is 45.4 Å². The molecule has 32 heavy (non-hydrogen) atoms. The molecule has 8 heteroatoms. The normalized spacial score (nSPS) is 16.1. The lowest BCUT2D eigenvalue weighted by Gasteiger charge is -2.12. The van der Waals surface area contributed by atoms with Crippen LogP contribution in [0, 0.1) is 12.8 Å². The van der Waals surface area contributed by atoms with E-state index in [1.807, 2.05) is 37.3 Å². The Morgan fingerprint density at radius 2 is 2.03 bits per heavy atom. The molecule has 1 aliphatic rings. The number of nitrogens with zero attached hydrogens (tertiary/aromatic N) is 4. The van der Waals surface area contributed by atoms with Gasteiger partial charge in [-0.05, 0) is 12.5 Å². The first-order valence-electron chi connectivity index (χ1n) is 10.7.